The van der Waals surface area contributed by atoms with E-state index in [1.165, 1.54) is 19.4 Å². The van der Waals surface area contributed by atoms with E-state index in [0.29, 0.717) is 6.04 Å². The van der Waals surface area contributed by atoms with Crippen LogP contribution in [0.5, 0.6) is 0 Å². The zero-order valence-electron chi connectivity index (χ0n) is 11.3. The van der Waals surface area contributed by atoms with Crippen molar-refractivity contribution in [3.05, 3.63) is 0 Å². The fourth-order valence-electron chi connectivity index (χ4n) is 2.69. The molecule has 3 nitrogen and oxygen atoms in total. The SMILES string of the molecule is CCC(C)CN(C)C1CCC(CO)(NC)C1. The van der Waals surface area contributed by atoms with Gasteiger partial charge in [-0.15, -0.1) is 0 Å². The van der Waals surface area contributed by atoms with Crippen LogP contribution in [0.2, 0.25) is 0 Å². The first-order valence-corrected chi connectivity index (χ1v) is 6.57. The lowest BCUT2D eigenvalue weighted by molar-refractivity contribution is 0.152. The van der Waals surface area contributed by atoms with Crippen LogP contribution in [-0.2, 0) is 0 Å². The molecule has 3 atom stereocenters. The fourth-order valence-corrected chi connectivity index (χ4v) is 2.69. The minimum atomic E-state index is -0.0195. The van der Waals surface area contributed by atoms with Crippen LogP contribution < -0.4 is 5.32 Å². The highest BCUT2D eigenvalue weighted by Crippen LogP contribution is 2.32. The van der Waals surface area contributed by atoms with Crippen molar-refractivity contribution in [1.82, 2.24) is 10.2 Å². The maximum Gasteiger partial charge on any atom is 0.0613 e. The summed E-state index contributed by atoms with van der Waals surface area (Å²) in [7, 11) is 4.19. The van der Waals surface area contributed by atoms with Crippen LogP contribution in [-0.4, -0.2) is 48.8 Å². The lowest BCUT2D eigenvalue weighted by Crippen LogP contribution is -2.46. The monoisotopic (exact) mass is 228 g/mol. The lowest BCUT2D eigenvalue weighted by atomic mass is 9.98. The number of nitrogens with one attached hydrogen (secondary N) is 1. The first kappa shape index (κ1) is 13.9. The fraction of sp³-hybridized carbons (Fsp3) is 1.00. The smallest absolute Gasteiger partial charge is 0.0613 e. The highest BCUT2D eigenvalue weighted by atomic mass is 16.3. The summed E-state index contributed by atoms with van der Waals surface area (Å²) in [6.45, 7) is 5.99. The Kier molecular flexibility index (Phi) is 5.22. The van der Waals surface area contributed by atoms with Gasteiger partial charge in [0, 0.05) is 18.1 Å². The second kappa shape index (κ2) is 5.99. The van der Waals surface area contributed by atoms with Gasteiger partial charge in [0.05, 0.1) is 6.61 Å². The molecule has 0 heterocycles. The summed E-state index contributed by atoms with van der Waals surface area (Å²) in [5.41, 5.74) is -0.0195. The van der Waals surface area contributed by atoms with Crippen LogP contribution in [0.4, 0.5) is 0 Å². The number of aliphatic hydroxyl groups is 1. The number of nitrogens with zero attached hydrogens (tertiary/aromatic N) is 1. The summed E-state index contributed by atoms with van der Waals surface area (Å²) in [6.07, 6.45) is 4.62. The molecule has 1 saturated carbocycles. The van der Waals surface area contributed by atoms with Crippen molar-refractivity contribution in [1.29, 1.82) is 0 Å². The third kappa shape index (κ3) is 3.19. The highest BCUT2D eigenvalue weighted by Gasteiger charge is 2.38. The van der Waals surface area contributed by atoms with E-state index < -0.39 is 0 Å². The largest absolute Gasteiger partial charge is 0.394 e. The van der Waals surface area contributed by atoms with Crippen LogP contribution >= 0.6 is 0 Å². The molecule has 0 spiro atoms. The van der Waals surface area contributed by atoms with Crippen molar-refractivity contribution >= 4 is 0 Å². The molecule has 1 aliphatic rings. The number of aliphatic hydroxyl groups excluding tert-OH is 1. The first-order chi connectivity index (χ1) is 7.56. The highest BCUT2D eigenvalue weighted by molar-refractivity contribution is 4.98. The Labute approximate surface area is 100 Å². The van der Waals surface area contributed by atoms with Gasteiger partial charge in [-0.25, -0.2) is 0 Å². The van der Waals surface area contributed by atoms with Crippen molar-refractivity contribution in [3.63, 3.8) is 0 Å². The quantitative estimate of drug-likeness (QED) is 0.722. The summed E-state index contributed by atoms with van der Waals surface area (Å²) in [5.74, 6) is 0.767. The second-order valence-electron chi connectivity index (χ2n) is 5.54. The van der Waals surface area contributed by atoms with Crippen LogP contribution in [0.25, 0.3) is 0 Å². The summed E-state index contributed by atoms with van der Waals surface area (Å²) in [4.78, 5) is 2.48. The Balaban J connectivity index is 2.45. The molecule has 16 heavy (non-hydrogen) atoms. The maximum atomic E-state index is 9.46. The number of rotatable bonds is 6. The van der Waals surface area contributed by atoms with Gasteiger partial charge in [-0.3, -0.25) is 0 Å². The molecule has 1 rings (SSSR count). The minimum absolute atomic E-state index is 0.0195. The van der Waals surface area contributed by atoms with E-state index in [2.05, 4.69) is 31.1 Å². The molecule has 1 fully saturated rings. The molecule has 2 N–H and O–H groups in total. The molecule has 0 amide bonds. The van der Waals surface area contributed by atoms with Crippen LogP contribution in [0.3, 0.4) is 0 Å². The van der Waals surface area contributed by atoms with Gasteiger partial charge < -0.3 is 15.3 Å². The summed E-state index contributed by atoms with van der Waals surface area (Å²) in [5, 5.41) is 12.8. The van der Waals surface area contributed by atoms with E-state index in [-0.39, 0.29) is 12.1 Å². The summed E-state index contributed by atoms with van der Waals surface area (Å²) >= 11 is 0. The first-order valence-electron chi connectivity index (χ1n) is 6.57. The predicted octanol–water partition coefficient (Wildman–Crippen LogP) is 1.47. The topological polar surface area (TPSA) is 35.5 Å². The van der Waals surface area contributed by atoms with E-state index in [0.717, 1.165) is 18.8 Å². The molecule has 96 valence electrons. The molecule has 0 aromatic heterocycles. The maximum absolute atomic E-state index is 9.46. The molecule has 0 aliphatic heterocycles. The van der Waals surface area contributed by atoms with Crippen molar-refractivity contribution < 1.29 is 5.11 Å². The van der Waals surface area contributed by atoms with Crippen LogP contribution in [0, 0.1) is 5.92 Å². The zero-order chi connectivity index (χ0) is 12.2. The third-order valence-electron chi connectivity index (χ3n) is 4.34. The van der Waals surface area contributed by atoms with Crippen LogP contribution in [0.15, 0.2) is 0 Å². The molecule has 0 aromatic carbocycles. The zero-order valence-corrected chi connectivity index (χ0v) is 11.3. The van der Waals surface area contributed by atoms with E-state index in [9.17, 15) is 5.11 Å². The van der Waals surface area contributed by atoms with Crippen molar-refractivity contribution in [2.75, 3.05) is 27.2 Å². The van der Waals surface area contributed by atoms with Gasteiger partial charge in [0.2, 0.25) is 0 Å². The van der Waals surface area contributed by atoms with Crippen molar-refractivity contribution in [3.8, 4) is 0 Å². The molecule has 0 bridgehead atoms. The van der Waals surface area contributed by atoms with E-state index >= 15 is 0 Å². The molecule has 0 saturated heterocycles. The predicted molar refractivity (Wildman–Crippen MR) is 68.6 cm³/mol. The normalized spacial score (nSPS) is 32.2. The summed E-state index contributed by atoms with van der Waals surface area (Å²) < 4.78 is 0. The average Bonchev–Trinajstić information content (AvgIpc) is 2.74. The van der Waals surface area contributed by atoms with Gasteiger partial charge >= 0.3 is 0 Å². The second-order valence-corrected chi connectivity index (χ2v) is 5.54. The minimum Gasteiger partial charge on any atom is -0.394 e. The van der Waals surface area contributed by atoms with E-state index in [1.807, 2.05) is 7.05 Å². The van der Waals surface area contributed by atoms with E-state index in [4.69, 9.17) is 0 Å². The molecule has 0 aromatic rings. The molecule has 0 radical (unpaired) electrons. The Morgan fingerprint density at radius 3 is 2.69 bits per heavy atom. The van der Waals surface area contributed by atoms with Gasteiger partial charge in [-0.05, 0) is 39.3 Å². The van der Waals surface area contributed by atoms with Gasteiger partial charge in [-0.1, -0.05) is 20.3 Å². The molecular formula is C13H28N2O. The number of hydrogen-bond acceptors (Lipinski definition) is 3. The van der Waals surface area contributed by atoms with E-state index in [1.54, 1.807) is 0 Å². The Hall–Kier alpha value is -0.120. The Morgan fingerprint density at radius 1 is 1.56 bits per heavy atom. The van der Waals surface area contributed by atoms with Gasteiger partial charge in [0.25, 0.3) is 0 Å². The standard InChI is InChI=1S/C13H28N2O/c1-5-11(2)9-15(4)12-6-7-13(8-12,10-16)14-3/h11-12,14,16H,5-10H2,1-4H3. The molecule has 3 unspecified atom stereocenters. The molecule has 1 aliphatic carbocycles. The van der Waals surface area contributed by atoms with Gasteiger partial charge in [-0.2, -0.15) is 0 Å². The number of likely N-dealkylation sites (N-methyl/N-ethyl adjacent to an activating group) is 1. The average molecular weight is 228 g/mol. The van der Waals surface area contributed by atoms with Crippen molar-refractivity contribution in [2.24, 2.45) is 5.92 Å². The third-order valence-corrected chi connectivity index (χ3v) is 4.34. The molecular weight excluding hydrogens is 200 g/mol. The summed E-state index contributed by atoms with van der Waals surface area (Å²) in [6, 6.07) is 0.633. The van der Waals surface area contributed by atoms with Crippen molar-refractivity contribution in [2.45, 2.75) is 51.1 Å². The number of hydrogen-bond donors (Lipinski definition) is 2. The Bertz CT molecular complexity index is 204. The van der Waals surface area contributed by atoms with Gasteiger partial charge in [0.15, 0.2) is 0 Å². The molecule has 3 heteroatoms. The van der Waals surface area contributed by atoms with Crippen LogP contribution in [0.1, 0.15) is 39.5 Å². The Morgan fingerprint density at radius 2 is 2.25 bits per heavy atom. The lowest BCUT2D eigenvalue weighted by Gasteiger charge is -2.30. The van der Waals surface area contributed by atoms with Gasteiger partial charge in [0.1, 0.15) is 0 Å².